The molecular formula is C27H30ClN3O8S. The Bertz CT molecular complexity index is 1180. The largest absolute Gasteiger partial charge is 0.478 e. The predicted molar refractivity (Wildman–Crippen MR) is 152 cm³/mol. The zero-order valence-corrected chi connectivity index (χ0v) is 23.0. The molecule has 4 rings (SSSR count). The Labute approximate surface area is 240 Å². The fourth-order valence-corrected chi connectivity index (χ4v) is 4.96. The molecular weight excluding hydrogens is 562 g/mol. The number of nitrogens with zero attached hydrogens (tertiary/aromatic N) is 2. The Morgan fingerprint density at radius 3 is 1.85 bits per heavy atom. The fourth-order valence-electron chi connectivity index (χ4n) is 3.72. The lowest BCUT2D eigenvalue weighted by Crippen LogP contribution is -2.44. The van der Waals surface area contributed by atoms with Gasteiger partial charge in [-0.25, -0.2) is 19.2 Å². The lowest BCUT2D eigenvalue weighted by molar-refractivity contribution is -0.134. The van der Waals surface area contributed by atoms with E-state index in [1.54, 1.807) is 0 Å². The van der Waals surface area contributed by atoms with E-state index in [1.165, 1.54) is 21.2 Å². The minimum atomic E-state index is -1.26. The topological polar surface area (TPSA) is 168 Å². The number of para-hydroxylation sites is 1. The minimum Gasteiger partial charge on any atom is -0.478 e. The van der Waals surface area contributed by atoms with Gasteiger partial charge in [0.15, 0.2) is 0 Å². The number of halogens is 1. The minimum absolute atomic E-state index is 0.558. The van der Waals surface area contributed by atoms with Crippen LogP contribution < -0.4 is 10.2 Å². The van der Waals surface area contributed by atoms with E-state index in [4.69, 9.17) is 32.0 Å². The van der Waals surface area contributed by atoms with Crippen molar-refractivity contribution < 1.29 is 39.6 Å². The maximum Gasteiger partial charge on any atom is 0.328 e. The molecule has 13 heteroatoms. The average Bonchev–Trinajstić information content (AvgIpc) is 2.92. The summed E-state index contributed by atoms with van der Waals surface area (Å²) >= 11 is 8.11. The molecule has 11 nitrogen and oxygen atoms in total. The molecule has 0 unspecified atom stereocenters. The molecule has 0 amide bonds. The van der Waals surface area contributed by atoms with Crippen LogP contribution in [0.1, 0.15) is 6.42 Å². The standard InChI is InChI=1S/C19H22ClN3S.2C4H4O4/c20-15-6-7-19-17(14-15)23(16-4-1-2-5-18(16)24-19)11-3-10-22-12-8-21-9-13-22;2*5-3(6)1-2-4(7)8/h1-2,4-7,14,21H,3,8-13H2;2*1-2H,(H,5,6)(H,7,8)/b;2*2-1+. The maximum absolute atomic E-state index is 9.55. The highest BCUT2D eigenvalue weighted by Crippen LogP contribution is 2.48. The van der Waals surface area contributed by atoms with Crippen LogP contribution in [0.4, 0.5) is 11.4 Å². The molecule has 0 atom stereocenters. The molecule has 5 N–H and O–H groups in total. The van der Waals surface area contributed by atoms with Gasteiger partial charge in [0.2, 0.25) is 0 Å². The molecule has 0 saturated carbocycles. The van der Waals surface area contributed by atoms with E-state index in [-0.39, 0.29) is 0 Å². The number of aliphatic carboxylic acids is 4. The molecule has 2 aliphatic rings. The van der Waals surface area contributed by atoms with Crippen LogP contribution in [0, 0.1) is 0 Å². The molecule has 0 aliphatic carbocycles. The Morgan fingerprint density at radius 2 is 1.30 bits per heavy atom. The van der Waals surface area contributed by atoms with E-state index < -0.39 is 23.9 Å². The molecule has 0 radical (unpaired) electrons. The highest BCUT2D eigenvalue weighted by molar-refractivity contribution is 7.99. The molecule has 1 fully saturated rings. The smallest absolute Gasteiger partial charge is 0.328 e. The molecule has 2 aromatic rings. The van der Waals surface area contributed by atoms with Crippen molar-refractivity contribution in [2.24, 2.45) is 0 Å². The van der Waals surface area contributed by atoms with Crippen molar-refractivity contribution >= 4 is 58.6 Å². The zero-order chi connectivity index (χ0) is 29.5. The van der Waals surface area contributed by atoms with Gasteiger partial charge < -0.3 is 35.5 Å². The number of hydrogen-bond acceptors (Lipinski definition) is 8. The van der Waals surface area contributed by atoms with E-state index in [0.717, 1.165) is 50.7 Å². The van der Waals surface area contributed by atoms with E-state index in [9.17, 15) is 19.2 Å². The summed E-state index contributed by atoms with van der Waals surface area (Å²) in [6.07, 6.45) is 3.39. The van der Waals surface area contributed by atoms with Gasteiger partial charge in [-0.15, -0.1) is 0 Å². The number of carboxylic acid groups (broad SMARTS) is 4. The van der Waals surface area contributed by atoms with Gasteiger partial charge in [0, 0.05) is 71.8 Å². The van der Waals surface area contributed by atoms with Crippen molar-refractivity contribution in [3.8, 4) is 0 Å². The number of fused-ring (bicyclic) bond motifs is 2. The summed E-state index contributed by atoms with van der Waals surface area (Å²) in [7, 11) is 0. The molecule has 214 valence electrons. The summed E-state index contributed by atoms with van der Waals surface area (Å²) in [5, 5.41) is 35.5. The Balaban J connectivity index is 0.000000290. The third-order valence-corrected chi connectivity index (χ3v) is 6.76. The predicted octanol–water partition coefficient (Wildman–Crippen LogP) is 3.66. The second-order valence-electron chi connectivity index (χ2n) is 8.30. The van der Waals surface area contributed by atoms with Gasteiger partial charge in [-0.05, 0) is 43.3 Å². The zero-order valence-electron chi connectivity index (χ0n) is 21.4. The van der Waals surface area contributed by atoms with Crippen molar-refractivity contribution in [3.63, 3.8) is 0 Å². The molecule has 1 saturated heterocycles. The van der Waals surface area contributed by atoms with Crippen LogP contribution in [0.2, 0.25) is 5.02 Å². The average molecular weight is 592 g/mol. The van der Waals surface area contributed by atoms with Gasteiger partial charge in [0.25, 0.3) is 0 Å². The molecule has 0 bridgehead atoms. The third kappa shape index (κ3) is 11.9. The number of nitrogens with one attached hydrogen (secondary N) is 1. The third-order valence-electron chi connectivity index (χ3n) is 5.39. The molecule has 0 aromatic heterocycles. The van der Waals surface area contributed by atoms with Crippen LogP contribution >= 0.6 is 23.4 Å². The number of hydrogen-bond donors (Lipinski definition) is 5. The van der Waals surface area contributed by atoms with Gasteiger partial charge in [0.1, 0.15) is 0 Å². The van der Waals surface area contributed by atoms with Crippen LogP contribution in [0.25, 0.3) is 0 Å². The van der Waals surface area contributed by atoms with Crippen LogP contribution in [0.15, 0.2) is 76.6 Å². The van der Waals surface area contributed by atoms with Crippen molar-refractivity contribution in [2.75, 3.05) is 44.2 Å². The van der Waals surface area contributed by atoms with Gasteiger partial charge in [-0.2, -0.15) is 0 Å². The Kier molecular flexibility index (Phi) is 13.7. The number of piperazine rings is 1. The lowest BCUT2D eigenvalue weighted by atomic mass is 10.2. The van der Waals surface area contributed by atoms with Crippen molar-refractivity contribution in [2.45, 2.75) is 16.2 Å². The maximum atomic E-state index is 9.55. The van der Waals surface area contributed by atoms with Crippen molar-refractivity contribution in [3.05, 3.63) is 71.8 Å². The number of rotatable bonds is 8. The van der Waals surface area contributed by atoms with Crippen molar-refractivity contribution in [1.29, 1.82) is 0 Å². The van der Waals surface area contributed by atoms with E-state index in [2.05, 4.69) is 51.5 Å². The van der Waals surface area contributed by atoms with Crippen LogP contribution in [0.3, 0.4) is 0 Å². The first-order valence-corrected chi connectivity index (χ1v) is 13.3. The first-order valence-electron chi connectivity index (χ1n) is 12.1. The number of benzene rings is 2. The molecule has 2 aromatic carbocycles. The highest BCUT2D eigenvalue weighted by atomic mass is 35.5. The fraction of sp³-hybridized carbons (Fsp3) is 0.259. The molecule has 2 heterocycles. The Morgan fingerprint density at radius 1 is 0.775 bits per heavy atom. The van der Waals surface area contributed by atoms with Gasteiger partial charge in [0.05, 0.1) is 11.4 Å². The first-order chi connectivity index (χ1) is 19.1. The van der Waals surface area contributed by atoms with Gasteiger partial charge >= 0.3 is 23.9 Å². The first kappa shape index (κ1) is 32.4. The molecule has 40 heavy (non-hydrogen) atoms. The van der Waals surface area contributed by atoms with E-state index >= 15 is 0 Å². The summed E-state index contributed by atoms with van der Waals surface area (Å²) in [5.74, 6) is -5.03. The van der Waals surface area contributed by atoms with Gasteiger partial charge in [-0.1, -0.05) is 35.5 Å². The van der Waals surface area contributed by atoms with Crippen LogP contribution in [-0.2, 0) is 19.2 Å². The van der Waals surface area contributed by atoms with Gasteiger partial charge in [-0.3, -0.25) is 0 Å². The summed E-state index contributed by atoms with van der Waals surface area (Å²) in [5.41, 5.74) is 2.55. The van der Waals surface area contributed by atoms with Crippen LogP contribution in [-0.4, -0.2) is 88.5 Å². The van der Waals surface area contributed by atoms with Crippen molar-refractivity contribution in [1.82, 2.24) is 10.2 Å². The molecule has 2 aliphatic heterocycles. The summed E-state index contributed by atoms with van der Waals surface area (Å²) < 4.78 is 0. The number of anilines is 2. The number of carbonyl (C=O) groups is 4. The lowest BCUT2D eigenvalue weighted by Gasteiger charge is -2.34. The Hall–Kier alpha value is -3.84. The molecule has 0 spiro atoms. The summed E-state index contributed by atoms with van der Waals surface area (Å²) in [6.45, 7) is 6.73. The monoisotopic (exact) mass is 591 g/mol. The van der Waals surface area contributed by atoms with E-state index in [1.807, 2.05) is 17.8 Å². The summed E-state index contributed by atoms with van der Waals surface area (Å²) in [4.78, 5) is 45.8. The van der Waals surface area contributed by atoms with E-state index in [0.29, 0.717) is 24.3 Å². The van der Waals surface area contributed by atoms with Crippen LogP contribution in [0.5, 0.6) is 0 Å². The normalized spacial score (nSPS) is 14.3. The SMILES string of the molecule is Clc1ccc2c(c1)N(CCCN1CCNCC1)c1ccccc1S2.O=C(O)/C=C/C(=O)O.O=C(O)/C=C/C(=O)O. The highest BCUT2D eigenvalue weighted by Gasteiger charge is 2.23. The quantitative estimate of drug-likeness (QED) is 0.283. The second kappa shape index (κ2) is 17.0. The number of carboxylic acids is 4. The second-order valence-corrected chi connectivity index (χ2v) is 9.82. The summed E-state index contributed by atoms with van der Waals surface area (Å²) in [6, 6.07) is 14.9.